The largest absolute Gasteiger partial charge is 0.382 e. The number of piperazine rings is 1. The zero-order valence-corrected chi connectivity index (χ0v) is 13.8. The maximum absolute atomic E-state index is 5.51. The molecule has 2 rings (SSSR count). The van der Waals surface area contributed by atoms with E-state index in [1.807, 2.05) is 0 Å². The van der Waals surface area contributed by atoms with Crippen LogP contribution in [0.4, 0.5) is 0 Å². The Morgan fingerprint density at radius 2 is 2.00 bits per heavy atom. The summed E-state index contributed by atoms with van der Waals surface area (Å²) in [4.78, 5) is 2.76. The topological polar surface area (TPSA) is 24.5 Å². The summed E-state index contributed by atoms with van der Waals surface area (Å²) in [6.45, 7) is 12.2. The van der Waals surface area contributed by atoms with E-state index in [2.05, 4.69) is 31.0 Å². The van der Waals surface area contributed by atoms with Gasteiger partial charge in [0.25, 0.3) is 0 Å². The quantitative estimate of drug-likeness (QED) is 0.758. The molecule has 1 atom stereocenters. The molecule has 2 aliphatic rings. The van der Waals surface area contributed by atoms with Crippen molar-refractivity contribution in [1.29, 1.82) is 0 Å². The molecule has 3 heteroatoms. The molecule has 1 saturated carbocycles. The van der Waals surface area contributed by atoms with E-state index < -0.39 is 0 Å². The van der Waals surface area contributed by atoms with Crippen LogP contribution in [-0.2, 0) is 4.74 Å². The standard InChI is InChI=1S/C17H34N2O/c1-4-20-12-8-11-19-14-17(9-6-5-7-10-17)18-13-16(19)15(2)3/h15-16,18H,4-14H2,1-3H3. The SMILES string of the molecule is CCOCCCN1CC2(CCCCC2)NCC1C(C)C. The number of nitrogens with one attached hydrogen (secondary N) is 1. The van der Waals surface area contributed by atoms with Crippen LogP contribution in [0.5, 0.6) is 0 Å². The Hall–Kier alpha value is -0.120. The summed E-state index contributed by atoms with van der Waals surface area (Å²) >= 11 is 0. The first-order valence-corrected chi connectivity index (χ1v) is 8.74. The molecule has 2 fully saturated rings. The molecular formula is C17H34N2O. The Morgan fingerprint density at radius 3 is 2.65 bits per heavy atom. The summed E-state index contributed by atoms with van der Waals surface area (Å²) in [5.74, 6) is 0.732. The molecule has 0 aromatic carbocycles. The highest BCUT2D eigenvalue weighted by molar-refractivity contribution is 5.00. The van der Waals surface area contributed by atoms with Crippen LogP contribution in [0.3, 0.4) is 0 Å². The average molecular weight is 282 g/mol. The first-order valence-electron chi connectivity index (χ1n) is 8.74. The number of hydrogen-bond acceptors (Lipinski definition) is 3. The Morgan fingerprint density at radius 1 is 1.25 bits per heavy atom. The van der Waals surface area contributed by atoms with Gasteiger partial charge in [-0.05, 0) is 32.1 Å². The highest BCUT2D eigenvalue weighted by Gasteiger charge is 2.40. The van der Waals surface area contributed by atoms with E-state index in [1.54, 1.807) is 0 Å². The van der Waals surface area contributed by atoms with Crippen LogP contribution >= 0.6 is 0 Å². The number of nitrogens with zero attached hydrogens (tertiary/aromatic N) is 1. The van der Waals surface area contributed by atoms with E-state index >= 15 is 0 Å². The maximum atomic E-state index is 5.51. The second kappa shape index (κ2) is 7.77. The van der Waals surface area contributed by atoms with Gasteiger partial charge in [0.15, 0.2) is 0 Å². The molecule has 3 nitrogen and oxygen atoms in total. The second-order valence-electron chi connectivity index (χ2n) is 7.05. The van der Waals surface area contributed by atoms with Crippen molar-refractivity contribution in [2.24, 2.45) is 5.92 Å². The van der Waals surface area contributed by atoms with Crippen molar-refractivity contribution < 1.29 is 4.74 Å². The number of rotatable bonds is 6. The lowest BCUT2D eigenvalue weighted by atomic mass is 9.78. The van der Waals surface area contributed by atoms with Crippen LogP contribution in [0.1, 0.15) is 59.3 Å². The molecule has 1 spiro atoms. The molecule has 1 unspecified atom stereocenters. The van der Waals surface area contributed by atoms with E-state index in [4.69, 9.17) is 4.74 Å². The van der Waals surface area contributed by atoms with Gasteiger partial charge in [0.05, 0.1) is 0 Å². The predicted molar refractivity (Wildman–Crippen MR) is 85.1 cm³/mol. The molecule has 0 aromatic rings. The van der Waals surface area contributed by atoms with Gasteiger partial charge in [-0.3, -0.25) is 4.90 Å². The lowest BCUT2D eigenvalue weighted by Crippen LogP contribution is -2.65. The molecule has 1 N–H and O–H groups in total. The van der Waals surface area contributed by atoms with Crippen LogP contribution in [0.15, 0.2) is 0 Å². The van der Waals surface area contributed by atoms with Crippen molar-refractivity contribution in [2.45, 2.75) is 70.9 Å². The minimum atomic E-state index is 0.426. The Kier molecular flexibility index (Phi) is 6.31. The molecule has 0 radical (unpaired) electrons. The number of hydrogen-bond donors (Lipinski definition) is 1. The molecule has 1 heterocycles. The van der Waals surface area contributed by atoms with E-state index in [0.717, 1.165) is 19.1 Å². The second-order valence-corrected chi connectivity index (χ2v) is 7.05. The van der Waals surface area contributed by atoms with Gasteiger partial charge in [-0.25, -0.2) is 0 Å². The van der Waals surface area contributed by atoms with Crippen LogP contribution in [0, 0.1) is 5.92 Å². The Labute approximate surface area is 125 Å². The molecule has 0 amide bonds. The van der Waals surface area contributed by atoms with Gasteiger partial charge in [-0.2, -0.15) is 0 Å². The monoisotopic (exact) mass is 282 g/mol. The van der Waals surface area contributed by atoms with E-state index in [0.29, 0.717) is 11.6 Å². The molecule has 1 saturated heterocycles. The van der Waals surface area contributed by atoms with Gasteiger partial charge in [-0.1, -0.05) is 33.1 Å². The molecule has 20 heavy (non-hydrogen) atoms. The molecule has 0 bridgehead atoms. The molecular weight excluding hydrogens is 248 g/mol. The fraction of sp³-hybridized carbons (Fsp3) is 1.00. The highest BCUT2D eigenvalue weighted by Crippen LogP contribution is 2.33. The van der Waals surface area contributed by atoms with Crippen LogP contribution < -0.4 is 5.32 Å². The average Bonchev–Trinajstić information content (AvgIpc) is 2.44. The first-order chi connectivity index (χ1) is 9.67. The summed E-state index contributed by atoms with van der Waals surface area (Å²) in [7, 11) is 0. The zero-order chi connectivity index (χ0) is 14.4. The lowest BCUT2D eigenvalue weighted by molar-refractivity contribution is 0.0288. The van der Waals surface area contributed by atoms with Gasteiger partial charge in [0.2, 0.25) is 0 Å². The van der Waals surface area contributed by atoms with Crippen molar-refractivity contribution in [3.63, 3.8) is 0 Å². The minimum Gasteiger partial charge on any atom is -0.382 e. The smallest absolute Gasteiger partial charge is 0.0478 e. The lowest BCUT2D eigenvalue weighted by Gasteiger charge is -2.51. The van der Waals surface area contributed by atoms with E-state index in [-0.39, 0.29) is 0 Å². The first kappa shape index (κ1) is 16.3. The van der Waals surface area contributed by atoms with Gasteiger partial charge in [0, 0.05) is 44.4 Å². The van der Waals surface area contributed by atoms with Crippen LogP contribution in [0.2, 0.25) is 0 Å². The number of ether oxygens (including phenoxy) is 1. The van der Waals surface area contributed by atoms with Gasteiger partial charge >= 0.3 is 0 Å². The predicted octanol–water partition coefficient (Wildman–Crippen LogP) is 3.05. The fourth-order valence-corrected chi connectivity index (χ4v) is 3.99. The van der Waals surface area contributed by atoms with E-state index in [1.165, 1.54) is 58.2 Å². The van der Waals surface area contributed by atoms with Crippen molar-refractivity contribution in [1.82, 2.24) is 10.2 Å². The van der Waals surface area contributed by atoms with Gasteiger partial charge in [-0.15, -0.1) is 0 Å². The third-order valence-corrected chi connectivity index (χ3v) is 5.18. The third-order valence-electron chi connectivity index (χ3n) is 5.18. The molecule has 118 valence electrons. The third kappa shape index (κ3) is 4.19. The van der Waals surface area contributed by atoms with Crippen LogP contribution in [0.25, 0.3) is 0 Å². The van der Waals surface area contributed by atoms with Crippen LogP contribution in [-0.4, -0.2) is 49.3 Å². The van der Waals surface area contributed by atoms with Gasteiger partial charge < -0.3 is 10.1 Å². The molecule has 1 aliphatic heterocycles. The molecule has 1 aliphatic carbocycles. The van der Waals surface area contributed by atoms with Crippen molar-refractivity contribution in [3.8, 4) is 0 Å². The molecule has 0 aromatic heterocycles. The van der Waals surface area contributed by atoms with Crippen molar-refractivity contribution in [3.05, 3.63) is 0 Å². The summed E-state index contributed by atoms with van der Waals surface area (Å²) in [6.07, 6.45) is 8.17. The summed E-state index contributed by atoms with van der Waals surface area (Å²) in [6, 6.07) is 0.698. The Balaban J connectivity index is 1.90. The minimum absolute atomic E-state index is 0.426. The van der Waals surface area contributed by atoms with Crippen molar-refractivity contribution >= 4 is 0 Å². The maximum Gasteiger partial charge on any atom is 0.0478 e. The summed E-state index contributed by atoms with van der Waals surface area (Å²) < 4.78 is 5.51. The summed E-state index contributed by atoms with van der Waals surface area (Å²) in [5, 5.41) is 3.92. The fourth-order valence-electron chi connectivity index (χ4n) is 3.99. The summed E-state index contributed by atoms with van der Waals surface area (Å²) in [5.41, 5.74) is 0.426. The van der Waals surface area contributed by atoms with E-state index in [9.17, 15) is 0 Å². The zero-order valence-electron chi connectivity index (χ0n) is 13.8. The normalized spacial score (nSPS) is 27.3. The van der Waals surface area contributed by atoms with Gasteiger partial charge in [0.1, 0.15) is 0 Å². The highest BCUT2D eigenvalue weighted by atomic mass is 16.5. The Bertz CT molecular complexity index is 274. The van der Waals surface area contributed by atoms with Crippen molar-refractivity contribution in [2.75, 3.05) is 32.8 Å².